The summed E-state index contributed by atoms with van der Waals surface area (Å²) in [6.07, 6.45) is 0. The second kappa shape index (κ2) is 9.50. The number of carbonyl (C=O) groups excluding carboxylic acids is 1. The Morgan fingerprint density at radius 3 is 2.54 bits per heavy atom. The van der Waals surface area contributed by atoms with Crippen LogP contribution in [0.25, 0.3) is 10.8 Å². The van der Waals surface area contributed by atoms with Gasteiger partial charge in [0.1, 0.15) is 18.1 Å². The fraction of sp³-hybridized carbons (Fsp3) is 0.172. The summed E-state index contributed by atoms with van der Waals surface area (Å²) in [6.45, 7) is 6.81. The van der Waals surface area contributed by atoms with E-state index in [4.69, 9.17) is 9.15 Å². The molecule has 0 fully saturated rings. The number of nitrogens with one attached hydrogen (secondary N) is 1. The normalized spacial score (nSPS) is 11.1. The monoisotopic (exact) mass is 465 g/mol. The summed E-state index contributed by atoms with van der Waals surface area (Å²) >= 11 is 0. The molecule has 35 heavy (non-hydrogen) atoms. The first-order valence-corrected chi connectivity index (χ1v) is 11.6. The highest BCUT2D eigenvalue weighted by Gasteiger charge is 2.18. The molecule has 2 heterocycles. The van der Waals surface area contributed by atoms with Gasteiger partial charge < -0.3 is 14.5 Å². The zero-order valence-electron chi connectivity index (χ0n) is 20.0. The Morgan fingerprint density at radius 2 is 1.71 bits per heavy atom. The van der Waals surface area contributed by atoms with Gasteiger partial charge in [-0.2, -0.15) is 5.10 Å². The minimum absolute atomic E-state index is 0.229. The smallest absolute Gasteiger partial charge is 0.291 e. The second-order valence-corrected chi connectivity index (χ2v) is 8.65. The first-order chi connectivity index (χ1) is 17.0. The zero-order valence-corrected chi connectivity index (χ0v) is 20.0. The van der Waals surface area contributed by atoms with Gasteiger partial charge in [0.15, 0.2) is 5.76 Å². The van der Waals surface area contributed by atoms with Crippen LogP contribution in [-0.4, -0.2) is 15.7 Å². The molecule has 0 radical (unpaired) electrons. The maximum atomic E-state index is 12.9. The molecule has 0 unspecified atom stereocenters. The summed E-state index contributed by atoms with van der Waals surface area (Å²) in [6, 6.07) is 25.7. The first-order valence-electron chi connectivity index (χ1n) is 11.6. The van der Waals surface area contributed by atoms with E-state index in [9.17, 15) is 4.79 Å². The van der Waals surface area contributed by atoms with Gasteiger partial charge in [0.2, 0.25) is 0 Å². The SMILES string of the molecule is Cc1ccccc1Cn1nc(C)c(NC(=O)c2ccc(COc3ccc4ccccc4c3)o2)c1C. The lowest BCUT2D eigenvalue weighted by Crippen LogP contribution is -2.12. The van der Waals surface area contributed by atoms with Crippen molar-refractivity contribution in [2.75, 3.05) is 5.32 Å². The van der Waals surface area contributed by atoms with Crippen LogP contribution in [0.15, 0.2) is 83.3 Å². The van der Waals surface area contributed by atoms with E-state index < -0.39 is 0 Å². The van der Waals surface area contributed by atoms with E-state index in [1.54, 1.807) is 12.1 Å². The van der Waals surface area contributed by atoms with Crippen molar-refractivity contribution in [3.05, 3.63) is 113 Å². The van der Waals surface area contributed by atoms with Crippen LogP contribution in [0, 0.1) is 20.8 Å². The van der Waals surface area contributed by atoms with Gasteiger partial charge in [-0.05, 0) is 66.9 Å². The van der Waals surface area contributed by atoms with E-state index in [2.05, 4.69) is 35.5 Å². The van der Waals surface area contributed by atoms with Crippen molar-refractivity contribution in [2.24, 2.45) is 0 Å². The number of benzene rings is 3. The van der Waals surface area contributed by atoms with Crippen molar-refractivity contribution in [1.29, 1.82) is 0 Å². The Bertz CT molecular complexity index is 1510. The van der Waals surface area contributed by atoms with Crippen LogP contribution >= 0.6 is 0 Å². The van der Waals surface area contributed by atoms with Crippen molar-refractivity contribution in [1.82, 2.24) is 9.78 Å². The summed E-state index contributed by atoms with van der Waals surface area (Å²) in [5.74, 6) is 1.24. The van der Waals surface area contributed by atoms with Gasteiger partial charge in [-0.1, -0.05) is 54.6 Å². The van der Waals surface area contributed by atoms with Gasteiger partial charge in [0.25, 0.3) is 5.91 Å². The molecule has 0 bridgehead atoms. The second-order valence-electron chi connectivity index (χ2n) is 8.65. The number of aromatic nitrogens is 2. The number of carbonyl (C=O) groups is 1. The standard InChI is InChI=1S/C29H27N3O3/c1-19-8-4-5-11-24(19)17-32-21(3)28(20(2)31-32)30-29(33)27-15-14-26(35-27)18-34-25-13-12-22-9-6-7-10-23(22)16-25/h4-16H,17-18H2,1-3H3,(H,30,33). The minimum Gasteiger partial charge on any atom is -0.486 e. The number of hydrogen-bond acceptors (Lipinski definition) is 4. The summed E-state index contributed by atoms with van der Waals surface area (Å²) in [5.41, 5.74) is 4.76. The molecule has 5 aromatic rings. The van der Waals surface area contributed by atoms with E-state index in [0.29, 0.717) is 18.0 Å². The number of hydrogen-bond donors (Lipinski definition) is 1. The minimum atomic E-state index is -0.316. The third-order valence-corrected chi connectivity index (χ3v) is 6.19. The van der Waals surface area contributed by atoms with Crippen LogP contribution in [0.5, 0.6) is 5.75 Å². The molecule has 0 aliphatic carbocycles. The zero-order chi connectivity index (χ0) is 24.4. The number of rotatable bonds is 7. The molecule has 0 saturated heterocycles. The van der Waals surface area contributed by atoms with Crippen molar-refractivity contribution in [2.45, 2.75) is 33.9 Å². The molecule has 2 aromatic heterocycles. The molecule has 6 heteroatoms. The van der Waals surface area contributed by atoms with Gasteiger partial charge in [0, 0.05) is 0 Å². The van der Waals surface area contributed by atoms with Gasteiger partial charge in [-0.15, -0.1) is 0 Å². The summed E-state index contributed by atoms with van der Waals surface area (Å²) in [5, 5.41) is 9.87. The summed E-state index contributed by atoms with van der Waals surface area (Å²) in [4.78, 5) is 12.9. The summed E-state index contributed by atoms with van der Waals surface area (Å²) in [7, 11) is 0. The lowest BCUT2D eigenvalue weighted by atomic mass is 10.1. The number of anilines is 1. The topological polar surface area (TPSA) is 69.3 Å². The average molecular weight is 466 g/mol. The largest absolute Gasteiger partial charge is 0.486 e. The van der Waals surface area contributed by atoms with Gasteiger partial charge in [0.05, 0.1) is 23.6 Å². The highest BCUT2D eigenvalue weighted by atomic mass is 16.5. The molecular formula is C29H27N3O3. The van der Waals surface area contributed by atoms with Crippen LogP contribution in [0.4, 0.5) is 5.69 Å². The lowest BCUT2D eigenvalue weighted by molar-refractivity contribution is 0.0992. The molecule has 0 atom stereocenters. The van der Waals surface area contributed by atoms with Crippen molar-refractivity contribution in [3.63, 3.8) is 0 Å². The lowest BCUT2D eigenvalue weighted by Gasteiger charge is -2.08. The number of fused-ring (bicyclic) bond motifs is 1. The number of furan rings is 1. The third kappa shape index (κ3) is 4.82. The molecule has 6 nitrogen and oxygen atoms in total. The molecule has 0 aliphatic heterocycles. The molecule has 176 valence electrons. The Kier molecular flexibility index (Phi) is 6.10. The molecular weight excluding hydrogens is 438 g/mol. The van der Waals surface area contributed by atoms with E-state index in [0.717, 1.165) is 27.9 Å². The van der Waals surface area contributed by atoms with Gasteiger partial charge in [-0.25, -0.2) is 0 Å². The first kappa shape index (κ1) is 22.5. The molecule has 0 spiro atoms. The summed E-state index contributed by atoms with van der Waals surface area (Å²) < 4.78 is 13.6. The van der Waals surface area contributed by atoms with Gasteiger partial charge in [-0.3, -0.25) is 9.48 Å². The number of amides is 1. The third-order valence-electron chi connectivity index (χ3n) is 6.19. The van der Waals surface area contributed by atoms with E-state index >= 15 is 0 Å². The number of ether oxygens (including phenoxy) is 1. The van der Waals surface area contributed by atoms with E-state index in [1.807, 2.05) is 67.1 Å². The molecule has 0 saturated carbocycles. The van der Waals surface area contributed by atoms with Crippen LogP contribution in [0.3, 0.4) is 0 Å². The maximum absolute atomic E-state index is 12.9. The highest BCUT2D eigenvalue weighted by molar-refractivity contribution is 6.03. The quantitative estimate of drug-likeness (QED) is 0.301. The van der Waals surface area contributed by atoms with Crippen molar-refractivity contribution >= 4 is 22.4 Å². The Labute approximate surface area is 204 Å². The maximum Gasteiger partial charge on any atom is 0.291 e. The Hall–Kier alpha value is -4.32. The molecule has 5 rings (SSSR count). The van der Waals surface area contributed by atoms with Crippen LogP contribution in [0.2, 0.25) is 0 Å². The average Bonchev–Trinajstić information content (AvgIpc) is 3.44. The predicted molar refractivity (Wildman–Crippen MR) is 137 cm³/mol. The Balaban J connectivity index is 1.25. The fourth-order valence-electron chi connectivity index (χ4n) is 4.14. The fourth-order valence-corrected chi connectivity index (χ4v) is 4.14. The molecule has 1 amide bonds. The van der Waals surface area contributed by atoms with Crippen molar-refractivity contribution < 1.29 is 13.9 Å². The number of nitrogens with zero attached hydrogens (tertiary/aromatic N) is 2. The van der Waals surface area contributed by atoms with Crippen LogP contribution < -0.4 is 10.1 Å². The van der Waals surface area contributed by atoms with E-state index in [1.165, 1.54) is 11.1 Å². The highest BCUT2D eigenvalue weighted by Crippen LogP contribution is 2.24. The van der Waals surface area contributed by atoms with Crippen molar-refractivity contribution in [3.8, 4) is 5.75 Å². The number of aryl methyl sites for hydroxylation is 2. The van der Waals surface area contributed by atoms with Gasteiger partial charge >= 0.3 is 0 Å². The molecule has 1 N–H and O–H groups in total. The predicted octanol–water partition coefficient (Wildman–Crippen LogP) is 6.43. The molecule has 0 aliphatic rings. The van der Waals surface area contributed by atoms with Crippen LogP contribution in [-0.2, 0) is 13.2 Å². The Morgan fingerprint density at radius 1 is 0.943 bits per heavy atom. The molecule has 3 aromatic carbocycles. The van der Waals surface area contributed by atoms with E-state index in [-0.39, 0.29) is 18.3 Å². The van der Waals surface area contributed by atoms with Crippen LogP contribution in [0.1, 0.15) is 38.8 Å².